The molecule has 0 amide bonds. The Balaban J connectivity index is 1.97. The topological polar surface area (TPSA) is 47.6 Å². The van der Waals surface area contributed by atoms with Crippen molar-refractivity contribution < 1.29 is 14.3 Å². The van der Waals surface area contributed by atoms with Gasteiger partial charge >= 0.3 is 5.97 Å². The molecule has 0 heterocycles. The maximum absolute atomic E-state index is 11.2. The van der Waals surface area contributed by atoms with Gasteiger partial charge in [-0.25, -0.2) is 0 Å². The van der Waals surface area contributed by atoms with E-state index in [1.807, 2.05) is 30.3 Å². The lowest BCUT2D eigenvalue weighted by Gasteiger charge is -2.07. The van der Waals surface area contributed by atoms with Crippen LogP contribution < -0.4 is 10.1 Å². The Kier molecular flexibility index (Phi) is 7.64. The molecule has 0 bridgehead atoms. The van der Waals surface area contributed by atoms with Crippen molar-refractivity contribution >= 4 is 5.97 Å². The number of hydrogen-bond donors (Lipinski definition) is 1. The predicted octanol–water partition coefficient (Wildman–Crippen LogP) is 2.00. The molecule has 100 valence electrons. The maximum Gasteiger partial charge on any atom is 0.319 e. The van der Waals surface area contributed by atoms with Crippen molar-refractivity contribution in [1.29, 1.82) is 0 Å². The maximum atomic E-state index is 11.2. The lowest BCUT2D eigenvalue weighted by atomic mass is 10.3. The molecule has 0 spiro atoms. The van der Waals surface area contributed by atoms with Gasteiger partial charge in [0.05, 0.1) is 13.2 Å². The van der Waals surface area contributed by atoms with E-state index in [1.165, 1.54) is 0 Å². The standard InChI is InChI=1S/C14H21NO3/c1-2-3-10-18-14(16)12-15-9-11-17-13-7-5-4-6-8-13/h4-8,15H,2-3,9-12H2,1H3. The van der Waals surface area contributed by atoms with Crippen LogP contribution in [0.3, 0.4) is 0 Å². The number of carbonyl (C=O) groups is 1. The fourth-order valence-corrected chi connectivity index (χ4v) is 1.33. The summed E-state index contributed by atoms with van der Waals surface area (Å²) in [5.74, 6) is 0.632. The van der Waals surface area contributed by atoms with E-state index >= 15 is 0 Å². The van der Waals surface area contributed by atoms with Crippen molar-refractivity contribution in [3.8, 4) is 5.75 Å². The molecule has 0 radical (unpaired) electrons. The first-order valence-corrected chi connectivity index (χ1v) is 6.37. The summed E-state index contributed by atoms with van der Waals surface area (Å²) in [7, 11) is 0. The summed E-state index contributed by atoms with van der Waals surface area (Å²) >= 11 is 0. The van der Waals surface area contributed by atoms with Crippen LogP contribution in [-0.2, 0) is 9.53 Å². The average molecular weight is 251 g/mol. The Bertz CT molecular complexity index is 327. The first-order valence-electron chi connectivity index (χ1n) is 6.37. The average Bonchev–Trinajstić information content (AvgIpc) is 2.40. The molecular formula is C14H21NO3. The van der Waals surface area contributed by atoms with E-state index in [0.29, 0.717) is 19.8 Å². The highest BCUT2D eigenvalue weighted by atomic mass is 16.5. The molecule has 0 unspecified atom stereocenters. The third-order valence-electron chi connectivity index (χ3n) is 2.32. The van der Waals surface area contributed by atoms with E-state index in [1.54, 1.807) is 0 Å². The van der Waals surface area contributed by atoms with E-state index < -0.39 is 0 Å². The second kappa shape index (κ2) is 9.48. The third-order valence-corrected chi connectivity index (χ3v) is 2.32. The molecule has 0 aromatic heterocycles. The van der Waals surface area contributed by atoms with Crippen molar-refractivity contribution in [2.24, 2.45) is 0 Å². The lowest BCUT2D eigenvalue weighted by molar-refractivity contribution is -0.142. The Hall–Kier alpha value is -1.55. The highest BCUT2D eigenvalue weighted by molar-refractivity contribution is 5.71. The summed E-state index contributed by atoms with van der Waals surface area (Å²) in [6.45, 7) is 3.97. The van der Waals surface area contributed by atoms with Gasteiger partial charge in [-0.15, -0.1) is 0 Å². The summed E-state index contributed by atoms with van der Waals surface area (Å²) in [6, 6.07) is 9.59. The number of para-hydroxylation sites is 1. The molecule has 1 aromatic carbocycles. The lowest BCUT2D eigenvalue weighted by Crippen LogP contribution is -2.28. The minimum absolute atomic E-state index is 0.205. The van der Waals surface area contributed by atoms with Crippen LogP contribution in [0, 0.1) is 0 Å². The quantitative estimate of drug-likeness (QED) is 0.538. The Labute approximate surface area is 108 Å². The molecule has 0 aliphatic carbocycles. The van der Waals surface area contributed by atoms with E-state index in [-0.39, 0.29) is 12.5 Å². The number of rotatable bonds is 9. The molecule has 1 aromatic rings. The molecular weight excluding hydrogens is 230 g/mol. The molecule has 1 rings (SSSR count). The van der Waals surface area contributed by atoms with E-state index in [4.69, 9.17) is 9.47 Å². The monoisotopic (exact) mass is 251 g/mol. The molecule has 0 fully saturated rings. The molecule has 1 N–H and O–H groups in total. The molecule has 0 saturated carbocycles. The van der Waals surface area contributed by atoms with Crippen LogP contribution in [0.5, 0.6) is 5.75 Å². The summed E-state index contributed by atoms with van der Waals surface area (Å²) in [6.07, 6.45) is 1.95. The molecule has 18 heavy (non-hydrogen) atoms. The molecule has 0 aliphatic heterocycles. The molecule has 0 saturated heterocycles. The molecule has 4 nitrogen and oxygen atoms in total. The summed E-state index contributed by atoms with van der Waals surface area (Å²) in [4.78, 5) is 11.2. The smallest absolute Gasteiger partial charge is 0.319 e. The van der Waals surface area contributed by atoms with Gasteiger partial charge in [0.2, 0.25) is 0 Å². The van der Waals surface area contributed by atoms with Crippen molar-refractivity contribution in [3.05, 3.63) is 30.3 Å². The van der Waals surface area contributed by atoms with E-state index in [2.05, 4.69) is 12.2 Å². The Morgan fingerprint density at radius 1 is 1.22 bits per heavy atom. The van der Waals surface area contributed by atoms with E-state index in [9.17, 15) is 4.79 Å². The van der Waals surface area contributed by atoms with Gasteiger partial charge in [0.25, 0.3) is 0 Å². The van der Waals surface area contributed by atoms with Crippen LogP contribution in [-0.4, -0.2) is 32.3 Å². The summed E-state index contributed by atoms with van der Waals surface area (Å²) < 4.78 is 10.5. The van der Waals surface area contributed by atoms with Crippen LogP contribution in [0.4, 0.5) is 0 Å². The van der Waals surface area contributed by atoms with Crippen LogP contribution >= 0.6 is 0 Å². The second-order valence-electron chi connectivity index (χ2n) is 3.91. The van der Waals surface area contributed by atoms with Crippen molar-refractivity contribution in [3.63, 3.8) is 0 Å². The summed E-state index contributed by atoms with van der Waals surface area (Å²) in [5, 5.41) is 2.98. The van der Waals surface area contributed by atoms with Crippen molar-refractivity contribution in [2.45, 2.75) is 19.8 Å². The first kappa shape index (κ1) is 14.5. The van der Waals surface area contributed by atoms with Gasteiger partial charge in [0.1, 0.15) is 12.4 Å². The number of esters is 1. The van der Waals surface area contributed by atoms with Gasteiger partial charge in [0.15, 0.2) is 0 Å². The van der Waals surface area contributed by atoms with E-state index in [0.717, 1.165) is 18.6 Å². The van der Waals surface area contributed by atoms with Gasteiger partial charge in [0, 0.05) is 6.54 Å². The highest BCUT2D eigenvalue weighted by Crippen LogP contribution is 2.07. The number of nitrogens with one attached hydrogen (secondary N) is 1. The highest BCUT2D eigenvalue weighted by Gasteiger charge is 2.00. The molecule has 4 heteroatoms. The van der Waals surface area contributed by atoms with Crippen molar-refractivity contribution in [2.75, 3.05) is 26.3 Å². The zero-order valence-corrected chi connectivity index (χ0v) is 10.9. The number of carbonyl (C=O) groups excluding carboxylic acids is 1. The minimum atomic E-state index is -0.205. The minimum Gasteiger partial charge on any atom is -0.492 e. The second-order valence-corrected chi connectivity index (χ2v) is 3.91. The predicted molar refractivity (Wildman–Crippen MR) is 70.7 cm³/mol. The zero-order valence-electron chi connectivity index (χ0n) is 10.9. The van der Waals surface area contributed by atoms with Crippen LogP contribution in [0.25, 0.3) is 0 Å². The van der Waals surface area contributed by atoms with Gasteiger partial charge in [-0.3, -0.25) is 4.79 Å². The van der Waals surface area contributed by atoms with Gasteiger partial charge < -0.3 is 14.8 Å². The summed E-state index contributed by atoms with van der Waals surface area (Å²) in [5.41, 5.74) is 0. The van der Waals surface area contributed by atoms with Gasteiger partial charge in [-0.1, -0.05) is 31.5 Å². The van der Waals surface area contributed by atoms with Crippen LogP contribution in [0.15, 0.2) is 30.3 Å². The molecule has 0 atom stereocenters. The first-order chi connectivity index (χ1) is 8.83. The van der Waals surface area contributed by atoms with Gasteiger partial charge in [-0.05, 0) is 18.6 Å². The van der Waals surface area contributed by atoms with Crippen molar-refractivity contribution in [1.82, 2.24) is 5.32 Å². The Morgan fingerprint density at radius 3 is 2.72 bits per heavy atom. The Morgan fingerprint density at radius 2 is 2.00 bits per heavy atom. The number of benzene rings is 1. The van der Waals surface area contributed by atoms with Crippen LogP contribution in [0.1, 0.15) is 19.8 Å². The zero-order chi connectivity index (χ0) is 13.1. The van der Waals surface area contributed by atoms with Crippen LogP contribution in [0.2, 0.25) is 0 Å². The van der Waals surface area contributed by atoms with Gasteiger partial charge in [-0.2, -0.15) is 0 Å². The normalized spacial score (nSPS) is 10.1. The number of hydrogen-bond acceptors (Lipinski definition) is 4. The largest absolute Gasteiger partial charge is 0.492 e. The fraction of sp³-hybridized carbons (Fsp3) is 0.500. The number of ether oxygens (including phenoxy) is 2. The third kappa shape index (κ3) is 6.91. The SMILES string of the molecule is CCCCOC(=O)CNCCOc1ccccc1. The fourth-order valence-electron chi connectivity index (χ4n) is 1.33. The molecule has 0 aliphatic rings. The number of unbranched alkanes of at least 4 members (excludes halogenated alkanes) is 1.